The van der Waals surface area contributed by atoms with E-state index in [0.717, 1.165) is 11.8 Å². The van der Waals surface area contributed by atoms with Gasteiger partial charge < -0.3 is 17.5 Å². The second kappa shape index (κ2) is 1.99. The van der Waals surface area contributed by atoms with Crippen molar-refractivity contribution in [3.8, 4) is 0 Å². The summed E-state index contributed by atoms with van der Waals surface area (Å²) in [6.07, 6.45) is 2.59. The maximum atomic E-state index is 5.05. The third kappa shape index (κ3) is 0.923. The normalized spacial score (nSPS) is 25.5. The lowest BCUT2D eigenvalue weighted by Crippen LogP contribution is -2.30. The Labute approximate surface area is 66.1 Å². The third-order valence-corrected chi connectivity index (χ3v) is 2.16. The molecule has 0 aromatic heterocycles. The van der Waals surface area contributed by atoms with Crippen molar-refractivity contribution in [2.75, 3.05) is 13.7 Å². The zero-order valence-corrected chi connectivity index (χ0v) is 6.77. The van der Waals surface area contributed by atoms with E-state index in [0.29, 0.717) is 6.04 Å². The Morgan fingerprint density at radius 1 is 1.60 bits per heavy atom. The van der Waals surface area contributed by atoms with E-state index in [-0.39, 0.29) is 0 Å². The van der Waals surface area contributed by atoms with Gasteiger partial charge in [0.25, 0.3) is 0 Å². The van der Waals surface area contributed by atoms with Crippen LogP contribution in [0.3, 0.4) is 0 Å². The molecule has 2 aliphatic rings. The highest BCUT2D eigenvalue weighted by Crippen LogP contribution is 2.28. The van der Waals surface area contributed by atoms with Crippen molar-refractivity contribution in [2.24, 2.45) is 5.10 Å². The first-order valence-electron chi connectivity index (χ1n) is 3.51. The zero-order valence-electron chi connectivity index (χ0n) is 5.95. The average Bonchev–Trinajstić information content (AvgIpc) is 2.61. The topological polar surface area (TPSA) is 18.8 Å². The molecule has 0 spiro atoms. The van der Waals surface area contributed by atoms with Crippen molar-refractivity contribution in [1.82, 2.24) is 9.91 Å². The van der Waals surface area contributed by atoms with E-state index in [4.69, 9.17) is 12.6 Å². The van der Waals surface area contributed by atoms with E-state index in [1.165, 1.54) is 12.8 Å². The Morgan fingerprint density at radius 2 is 2.30 bits per heavy atom. The molecule has 0 atom stereocenters. The summed E-state index contributed by atoms with van der Waals surface area (Å²) in [7, 11) is 1.95. The van der Waals surface area contributed by atoms with Crippen LogP contribution in [0.15, 0.2) is 5.10 Å². The molecule has 0 aromatic rings. The summed E-state index contributed by atoms with van der Waals surface area (Å²) in [4.78, 5) is 2.19. The number of rotatable bonds is 1. The lowest BCUT2D eigenvalue weighted by Gasteiger charge is -2.22. The minimum Gasteiger partial charge on any atom is -0.741 e. The highest BCUT2D eigenvalue weighted by molar-refractivity contribution is 7.77. The van der Waals surface area contributed by atoms with Gasteiger partial charge in [0.1, 0.15) is 6.67 Å². The standard InChI is InChI=1S/C6H11N3S/c1-8-4-9(5-2-3-5)6(10)7-8/h5H,2-4H2,1H3,(H,7,10)/p-1. The van der Waals surface area contributed by atoms with Gasteiger partial charge in [-0.25, -0.2) is 0 Å². The first-order chi connectivity index (χ1) is 4.77. The smallest absolute Gasteiger partial charge is 0.106 e. The molecule has 1 heterocycles. The molecule has 0 N–H and O–H groups in total. The Kier molecular flexibility index (Phi) is 1.23. The lowest BCUT2D eigenvalue weighted by molar-refractivity contribution is 0.272. The minimum absolute atomic E-state index is 0.709. The number of hydrazone groups is 1. The summed E-state index contributed by atoms with van der Waals surface area (Å²) < 4.78 is 0. The van der Waals surface area contributed by atoms with E-state index in [1.807, 2.05) is 12.1 Å². The third-order valence-electron chi connectivity index (χ3n) is 1.85. The van der Waals surface area contributed by atoms with Crippen LogP contribution in [0.25, 0.3) is 0 Å². The predicted octanol–water partition coefficient (Wildman–Crippen LogP) is 0.172. The van der Waals surface area contributed by atoms with Gasteiger partial charge in [0.2, 0.25) is 0 Å². The quantitative estimate of drug-likeness (QED) is 0.504. The molecule has 0 amide bonds. The summed E-state index contributed by atoms with van der Waals surface area (Å²) in [5.41, 5.74) is 0. The van der Waals surface area contributed by atoms with Gasteiger partial charge in [-0.05, 0) is 12.8 Å². The summed E-state index contributed by atoms with van der Waals surface area (Å²) in [6.45, 7) is 0.892. The molecule has 1 saturated carbocycles. The highest BCUT2D eigenvalue weighted by Gasteiger charge is 2.30. The molecule has 0 saturated heterocycles. The summed E-state index contributed by atoms with van der Waals surface area (Å²) >= 11 is 5.05. The fourth-order valence-corrected chi connectivity index (χ4v) is 1.52. The molecule has 10 heavy (non-hydrogen) atoms. The summed E-state index contributed by atoms with van der Waals surface area (Å²) in [5, 5.41) is 6.78. The largest absolute Gasteiger partial charge is 0.741 e. The van der Waals surface area contributed by atoms with E-state index in [9.17, 15) is 0 Å². The second-order valence-electron chi connectivity index (χ2n) is 2.88. The van der Waals surface area contributed by atoms with Crippen molar-refractivity contribution in [3.63, 3.8) is 0 Å². The molecule has 2 rings (SSSR count). The molecule has 0 aromatic carbocycles. The van der Waals surface area contributed by atoms with Crippen LogP contribution < -0.4 is 0 Å². The molecule has 0 unspecified atom stereocenters. The maximum absolute atomic E-state index is 5.05. The van der Waals surface area contributed by atoms with Gasteiger partial charge in [-0.1, -0.05) is 0 Å². The average molecular weight is 156 g/mol. The van der Waals surface area contributed by atoms with E-state index < -0.39 is 0 Å². The maximum Gasteiger partial charge on any atom is 0.106 e. The van der Waals surface area contributed by atoms with Gasteiger partial charge in [-0.2, -0.15) is 5.10 Å². The van der Waals surface area contributed by atoms with Gasteiger partial charge >= 0.3 is 0 Å². The van der Waals surface area contributed by atoms with Crippen molar-refractivity contribution in [2.45, 2.75) is 18.9 Å². The van der Waals surface area contributed by atoms with Crippen LogP contribution in [0.5, 0.6) is 0 Å². The van der Waals surface area contributed by atoms with E-state index in [1.54, 1.807) is 0 Å². The van der Waals surface area contributed by atoms with Crippen molar-refractivity contribution >= 4 is 17.8 Å². The number of nitrogens with zero attached hydrogens (tertiary/aromatic N) is 3. The predicted molar refractivity (Wildman–Crippen MR) is 42.3 cm³/mol. The SMILES string of the molecule is CN1CN(C2CC2)C([S-])=N1. The van der Waals surface area contributed by atoms with Gasteiger partial charge in [0, 0.05) is 18.3 Å². The Hall–Kier alpha value is -0.510. The van der Waals surface area contributed by atoms with Crippen LogP contribution in [0.1, 0.15) is 12.8 Å². The van der Waals surface area contributed by atoms with Crippen LogP contribution in [-0.4, -0.2) is 34.8 Å². The molecular weight excluding hydrogens is 146 g/mol. The van der Waals surface area contributed by atoms with Crippen molar-refractivity contribution < 1.29 is 0 Å². The first-order valence-corrected chi connectivity index (χ1v) is 3.91. The van der Waals surface area contributed by atoms with Gasteiger partial charge in [0.05, 0.1) is 0 Å². The number of hydrogen-bond acceptors (Lipinski definition) is 4. The van der Waals surface area contributed by atoms with Crippen molar-refractivity contribution in [3.05, 3.63) is 0 Å². The van der Waals surface area contributed by atoms with Crippen LogP contribution in [-0.2, 0) is 12.6 Å². The molecule has 0 radical (unpaired) electrons. The van der Waals surface area contributed by atoms with Gasteiger partial charge in [-0.15, -0.1) is 0 Å². The molecular formula is C6H10N3S-. The lowest BCUT2D eigenvalue weighted by atomic mass is 10.6. The molecule has 56 valence electrons. The van der Waals surface area contributed by atoms with Crippen LogP contribution in [0, 0.1) is 0 Å². The van der Waals surface area contributed by atoms with E-state index >= 15 is 0 Å². The second-order valence-corrected chi connectivity index (χ2v) is 3.25. The zero-order chi connectivity index (χ0) is 7.14. The Morgan fingerprint density at radius 3 is 2.70 bits per heavy atom. The number of amidine groups is 1. The molecule has 4 heteroatoms. The summed E-state index contributed by atoms with van der Waals surface area (Å²) in [6, 6.07) is 0.709. The molecule has 3 nitrogen and oxygen atoms in total. The molecule has 0 bridgehead atoms. The Bertz CT molecular complexity index is 176. The monoisotopic (exact) mass is 156 g/mol. The highest BCUT2D eigenvalue weighted by atomic mass is 32.1. The summed E-state index contributed by atoms with van der Waals surface area (Å²) in [5.74, 6) is 0. The van der Waals surface area contributed by atoms with Gasteiger partial charge in [-0.3, -0.25) is 5.01 Å². The van der Waals surface area contributed by atoms with E-state index in [2.05, 4.69) is 10.0 Å². The van der Waals surface area contributed by atoms with Crippen LogP contribution >= 0.6 is 0 Å². The fourth-order valence-electron chi connectivity index (χ4n) is 1.17. The van der Waals surface area contributed by atoms with Gasteiger partial charge in [0.15, 0.2) is 0 Å². The minimum atomic E-state index is 0.709. The molecule has 1 aliphatic heterocycles. The molecule has 1 aliphatic carbocycles. The van der Waals surface area contributed by atoms with Crippen molar-refractivity contribution in [1.29, 1.82) is 0 Å². The van der Waals surface area contributed by atoms with Crippen LogP contribution in [0.2, 0.25) is 0 Å². The molecule has 1 fully saturated rings. The number of hydrogen-bond donors (Lipinski definition) is 0. The Balaban J connectivity index is 2.05. The van der Waals surface area contributed by atoms with Crippen LogP contribution in [0.4, 0.5) is 0 Å². The first kappa shape index (κ1) is 6.22. The fraction of sp³-hybridized carbons (Fsp3) is 0.833.